The van der Waals surface area contributed by atoms with Gasteiger partial charge in [0.05, 0.1) is 6.26 Å². The van der Waals surface area contributed by atoms with E-state index in [0.29, 0.717) is 17.4 Å². The second-order valence-electron chi connectivity index (χ2n) is 5.27. The van der Waals surface area contributed by atoms with Gasteiger partial charge < -0.3 is 9.73 Å². The van der Waals surface area contributed by atoms with E-state index in [1.54, 1.807) is 23.0 Å². The summed E-state index contributed by atoms with van der Waals surface area (Å²) in [7, 11) is 0. The van der Waals surface area contributed by atoms with Crippen molar-refractivity contribution in [3.05, 3.63) is 64.8 Å². The highest BCUT2D eigenvalue weighted by Crippen LogP contribution is 2.22. The lowest BCUT2D eigenvalue weighted by molar-refractivity contribution is 0.102. The number of aromatic nitrogens is 2. The van der Waals surface area contributed by atoms with Crippen LogP contribution in [0.5, 0.6) is 0 Å². The number of anilines is 1. The Kier molecular flexibility index (Phi) is 3.70. The Hall–Kier alpha value is -2.80. The number of amides is 1. The average Bonchev–Trinajstić information content (AvgIpc) is 3.27. The van der Waals surface area contributed by atoms with Crippen molar-refractivity contribution in [2.45, 2.75) is 11.7 Å². The van der Waals surface area contributed by atoms with E-state index in [4.69, 9.17) is 4.42 Å². The van der Waals surface area contributed by atoms with Crippen molar-refractivity contribution in [3.8, 4) is 11.3 Å². The van der Waals surface area contributed by atoms with Crippen molar-refractivity contribution >= 4 is 23.4 Å². The van der Waals surface area contributed by atoms with Crippen molar-refractivity contribution in [2.24, 2.45) is 0 Å². The standard InChI is InChI=1S/C17H13N3O3S/c21-15(13-10-18-17-20(16(13)22)7-9-24-17)19-12-5-3-11(4-6-12)14-2-1-8-23-14/h1-6,8,10H,7,9H2,(H,19,21). The summed E-state index contributed by atoms with van der Waals surface area (Å²) in [5, 5.41) is 3.40. The largest absolute Gasteiger partial charge is 0.464 e. The van der Waals surface area contributed by atoms with Crippen LogP contribution in [0, 0.1) is 0 Å². The molecule has 2 aromatic heterocycles. The van der Waals surface area contributed by atoms with E-state index in [9.17, 15) is 9.59 Å². The minimum Gasteiger partial charge on any atom is -0.464 e. The molecule has 0 radical (unpaired) electrons. The van der Waals surface area contributed by atoms with Gasteiger partial charge in [0.1, 0.15) is 11.3 Å². The van der Waals surface area contributed by atoms with E-state index >= 15 is 0 Å². The minimum atomic E-state index is -0.453. The van der Waals surface area contributed by atoms with E-state index in [-0.39, 0.29) is 11.1 Å². The van der Waals surface area contributed by atoms with Gasteiger partial charge in [0.2, 0.25) is 0 Å². The molecule has 7 heteroatoms. The number of thioether (sulfide) groups is 1. The third-order valence-corrected chi connectivity index (χ3v) is 4.72. The summed E-state index contributed by atoms with van der Waals surface area (Å²) in [5.74, 6) is 1.11. The molecule has 0 fully saturated rings. The fourth-order valence-corrected chi connectivity index (χ4v) is 3.45. The molecule has 0 saturated carbocycles. The van der Waals surface area contributed by atoms with Crippen molar-refractivity contribution in [2.75, 3.05) is 11.1 Å². The van der Waals surface area contributed by atoms with Gasteiger partial charge in [0.15, 0.2) is 5.16 Å². The van der Waals surface area contributed by atoms with Gasteiger partial charge in [-0.05, 0) is 36.4 Å². The number of benzene rings is 1. The quantitative estimate of drug-likeness (QED) is 0.743. The fraction of sp³-hybridized carbons (Fsp3) is 0.118. The Morgan fingerprint density at radius 1 is 1.25 bits per heavy atom. The summed E-state index contributed by atoms with van der Waals surface area (Å²) in [6, 6.07) is 10.9. The second kappa shape index (κ2) is 6.01. The van der Waals surface area contributed by atoms with Gasteiger partial charge in [-0.25, -0.2) is 4.98 Å². The minimum absolute atomic E-state index is 0.0522. The smallest absolute Gasteiger partial charge is 0.267 e. The molecule has 0 saturated heterocycles. The van der Waals surface area contributed by atoms with Crippen LogP contribution in [0.4, 0.5) is 5.69 Å². The number of nitrogens with one attached hydrogen (secondary N) is 1. The topological polar surface area (TPSA) is 77.1 Å². The summed E-state index contributed by atoms with van der Waals surface area (Å²) in [6.07, 6.45) is 2.95. The Morgan fingerprint density at radius 2 is 2.08 bits per heavy atom. The molecule has 24 heavy (non-hydrogen) atoms. The van der Waals surface area contributed by atoms with Crippen LogP contribution in [-0.4, -0.2) is 21.2 Å². The molecular formula is C17H13N3O3S. The van der Waals surface area contributed by atoms with Gasteiger partial charge in [-0.3, -0.25) is 14.2 Å². The lowest BCUT2D eigenvalue weighted by Crippen LogP contribution is -2.29. The molecule has 0 spiro atoms. The molecule has 0 atom stereocenters. The molecule has 6 nitrogen and oxygen atoms in total. The number of nitrogens with zero attached hydrogens (tertiary/aromatic N) is 2. The first-order valence-corrected chi connectivity index (χ1v) is 8.39. The Bertz CT molecular complexity index is 946. The van der Waals surface area contributed by atoms with E-state index in [1.165, 1.54) is 18.0 Å². The predicted molar refractivity (Wildman–Crippen MR) is 91.3 cm³/mol. The maximum atomic E-state index is 12.4. The first-order valence-electron chi connectivity index (χ1n) is 7.40. The van der Waals surface area contributed by atoms with E-state index in [1.807, 2.05) is 24.3 Å². The van der Waals surface area contributed by atoms with Crippen LogP contribution in [-0.2, 0) is 6.54 Å². The van der Waals surface area contributed by atoms with Gasteiger partial charge in [0.25, 0.3) is 11.5 Å². The van der Waals surface area contributed by atoms with Crippen LogP contribution in [0.25, 0.3) is 11.3 Å². The normalized spacial score (nSPS) is 12.8. The molecule has 0 bridgehead atoms. The lowest BCUT2D eigenvalue weighted by Gasteiger charge is -2.07. The molecule has 3 heterocycles. The first-order chi connectivity index (χ1) is 11.7. The molecule has 1 aliphatic heterocycles. The van der Waals surface area contributed by atoms with Crippen LogP contribution in [0.3, 0.4) is 0 Å². The monoisotopic (exact) mass is 339 g/mol. The summed E-state index contributed by atoms with van der Waals surface area (Å²) in [5.41, 5.74) is 1.27. The number of furan rings is 1. The van der Waals surface area contributed by atoms with E-state index in [0.717, 1.165) is 17.1 Å². The molecule has 1 N–H and O–H groups in total. The Labute approximate surface area is 141 Å². The first kappa shape index (κ1) is 14.8. The zero-order chi connectivity index (χ0) is 16.5. The molecule has 1 amide bonds. The van der Waals surface area contributed by atoms with Crippen LogP contribution in [0.15, 0.2) is 63.2 Å². The number of carbonyl (C=O) groups excluding carboxylic acids is 1. The zero-order valence-corrected chi connectivity index (χ0v) is 13.4. The van der Waals surface area contributed by atoms with E-state index in [2.05, 4.69) is 10.3 Å². The number of hydrogen-bond acceptors (Lipinski definition) is 5. The molecule has 1 aromatic carbocycles. The van der Waals surface area contributed by atoms with Gasteiger partial charge in [-0.2, -0.15) is 0 Å². The lowest BCUT2D eigenvalue weighted by atomic mass is 10.1. The Morgan fingerprint density at radius 3 is 2.83 bits per heavy atom. The van der Waals surface area contributed by atoms with Crippen LogP contribution in [0.2, 0.25) is 0 Å². The Balaban J connectivity index is 1.55. The molecule has 0 aliphatic carbocycles. The molecule has 120 valence electrons. The predicted octanol–water partition coefficient (Wildman–Crippen LogP) is 2.86. The number of fused-ring (bicyclic) bond motifs is 1. The van der Waals surface area contributed by atoms with Crippen LogP contribution < -0.4 is 10.9 Å². The third kappa shape index (κ3) is 2.63. The van der Waals surface area contributed by atoms with Gasteiger partial charge in [0, 0.05) is 29.7 Å². The molecule has 0 unspecified atom stereocenters. The summed E-state index contributed by atoms with van der Waals surface area (Å²) in [6.45, 7) is 0.588. The van der Waals surface area contributed by atoms with Crippen molar-refractivity contribution in [3.63, 3.8) is 0 Å². The number of hydrogen-bond donors (Lipinski definition) is 1. The summed E-state index contributed by atoms with van der Waals surface area (Å²) in [4.78, 5) is 28.9. The molecular weight excluding hydrogens is 326 g/mol. The van der Waals surface area contributed by atoms with Crippen LogP contribution in [0.1, 0.15) is 10.4 Å². The summed E-state index contributed by atoms with van der Waals surface area (Å²) < 4.78 is 6.87. The fourth-order valence-electron chi connectivity index (χ4n) is 2.53. The van der Waals surface area contributed by atoms with Crippen molar-refractivity contribution in [1.82, 2.24) is 9.55 Å². The highest BCUT2D eigenvalue weighted by Gasteiger charge is 2.20. The highest BCUT2D eigenvalue weighted by molar-refractivity contribution is 7.99. The maximum Gasteiger partial charge on any atom is 0.267 e. The molecule has 1 aliphatic rings. The van der Waals surface area contributed by atoms with Crippen molar-refractivity contribution < 1.29 is 9.21 Å². The summed E-state index contributed by atoms with van der Waals surface area (Å²) >= 11 is 1.52. The SMILES string of the molecule is O=C(Nc1ccc(-c2ccco2)cc1)c1cnc2n(c1=O)CCS2. The van der Waals surface area contributed by atoms with Crippen LogP contribution >= 0.6 is 11.8 Å². The average molecular weight is 339 g/mol. The highest BCUT2D eigenvalue weighted by atomic mass is 32.2. The third-order valence-electron chi connectivity index (χ3n) is 3.75. The second-order valence-corrected chi connectivity index (χ2v) is 6.33. The molecule has 4 rings (SSSR count). The van der Waals surface area contributed by atoms with Gasteiger partial charge in [-0.1, -0.05) is 11.8 Å². The number of carbonyl (C=O) groups is 1. The molecule has 3 aromatic rings. The van der Waals surface area contributed by atoms with E-state index < -0.39 is 5.91 Å². The zero-order valence-electron chi connectivity index (χ0n) is 12.6. The van der Waals surface area contributed by atoms with Gasteiger partial charge in [-0.15, -0.1) is 0 Å². The number of rotatable bonds is 3. The maximum absolute atomic E-state index is 12.4. The van der Waals surface area contributed by atoms with Gasteiger partial charge >= 0.3 is 0 Å². The van der Waals surface area contributed by atoms with Crippen molar-refractivity contribution in [1.29, 1.82) is 0 Å².